The summed E-state index contributed by atoms with van der Waals surface area (Å²) in [5.74, 6) is 0.221. The average Bonchev–Trinajstić information content (AvgIpc) is 2.38. The number of aryl methyl sites for hydroxylation is 1. The van der Waals surface area contributed by atoms with Gasteiger partial charge in [0.1, 0.15) is 0 Å². The van der Waals surface area contributed by atoms with Gasteiger partial charge in [0.05, 0.1) is 0 Å². The van der Waals surface area contributed by atoms with Gasteiger partial charge < -0.3 is 0 Å². The van der Waals surface area contributed by atoms with Crippen LogP contribution < -0.4 is 0 Å². The van der Waals surface area contributed by atoms with E-state index in [1.54, 1.807) is 0 Å². The number of halogens is 1. The molecule has 2 aromatic carbocycles. The Morgan fingerprint density at radius 1 is 0.941 bits per heavy atom. The summed E-state index contributed by atoms with van der Waals surface area (Å²) in [4.78, 5) is 12.0. The van der Waals surface area contributed by atoms with Crippen LogP contribution in [0.3, 0.4) is 0 Å². The standard InChI is InChI=1S/C15H13IO/c16-14-9-5-4-8-13(14)15(17)11-10-12-6-2-1-3-7-12/h1-9H,10-11H2. The Labute approximate surface area is 115 Å². The van der Waals surface area contributed by atoms with Crippen LogP contribution in [0.25, 0.3) is 0 Å². The van der Waals surface area contributed by atoms with Crippen molar-refractivity contribution in [3.63, 3.8) is 0 Å². The number of ketones is 1. The van der Waals surface area contributed by atoms with E-state index in [0.29, 0.717) is 6.42 Å². The Bertz CT molecular complexity index is 505. The van der Waals surface area contributed by atoms with E-state index in [4.69, 9.17) is 0 Å². The molecule has 0 fully saturated rings. The van der Waals surface area contributed by atoms with E-state index in [1.165, 1.54) is 5.56 Å². The molecule has 0 radical (unpaired) electrons. The number of benzene rings is 2. The highest BCUT2D eigenvalue weighted by Gasteiger charge is 2.08. The fraction of sp³-hybridized carbons (Fsp3) is 0.133. The smallest absolute Gasteiger partial charge is 0.164 e. The first-order valence-electron chi connectivity index (χ1n) is 5.59. The molecule has 0 aliphatic carbocycles. The van der Waals surface area contributed by atoms with Gasteiger partial charge in [-0.15, -0.1) is 0 Å². The summed E-state index contributed by atoms with van der Waals surface area (Å²) in [6, 6.07) is 17.9. The summed E-state index contributed by atoms with van der Waals surface area (Å²) in [7, 11) is 0. The maximum absolute atomic E-state index is 12.0. The Morgan fingerprint density at radius 3 is 2.29 bits per heavy atom. The fourth-order valence-corrected chi connectivity index (χ4v) is 2.41. The number of carbonyl (C=O) groups excluding carboxylic acids is 1. The van der Waals surface area contributed by atoms with E-state index in [9.17, 15) is 4.79 Å². The first-order valence-corrected chi connectivity index (χ1v) is 6.67. The molecule has 2 aromatic rings. The number of hydrogen-bond donors (Lipinski definition) is 0. The van der Waals surface area contributed by atoms with E-state index in [0.717, 1.165) is 15.6 Å². The molecule has 2 rings (SSSR count). The minimum absolute atomic E-state index is 0.221. The molecule has 17 heavy (non-hydrogen) atoms. The van der Waals surface area contributed by atoms with Crippen molar-refractivity contribution in [3.05, 3.63) is 69.3 Å². The van der Waals surface area contributed by atoms with Gasteiger partial charge >= 0.3 is 0 Å². The predicted octanol–water partition coefficient (Wildman–Crippen LogP) is 4.11. The molecular weight excluding hydrogens is 323 g/mol. The van der Waals surface area contributed by atoms with Crippen LogP contribution in [-0.2, 0) is 6.42 Å². The fourth-order valence-electron chi connectivity index (χ4n) is 1.72. The van der Waals surface area contributed by atoms with Crippen molar-refractivity contribution in [2.75, 3.05) is 0 Å². The van der Waals surface area contributed by atoms with Crippen LogP contribution in [0.2, 0.25) is 0 Å². The first-order chi connectivity index (χ1) is 8.27. The molecule has 0 aromatic heterocycles. The second kappa shape index (κ2) is 5.96. The third-order valence-electron chi connectivity index (χ3n) is 2.66. The molecule has 0 aliphatic rings. The van der Waals surface area contributed by atoms with E-state index in [1.807, 2.05) is 42.5 Å². The molecule has 86 valence electrons. The number of carbonyl (C=O) groups is 1. The zero-order valence-electron chi connectivity index (χ0n) is 9.40. The van der Waals surface area contributed by atoms with Gasteiger partial charge in [-0.2, -0.15) is 0 Å². The topological polar surface area (TPSA) is 17.1 Å². The number of hydrogen-bond acceptors (Lipinski definition) is 1. The molecule has 0 spiro atoms. The van der Waals surface area contributed by atoms with E-state index in [2.05, 4.69) is 34.7 Å². The van der Waals surface area contributed by atoms with Gasteiger partial charge in [-0.25, -0.2) is 0 Å². The van der Waals surface area contributed by atoms with E-state index >= 15 is 0 Å². The SMILES string of the molecule is O=C(CCc1ccccc1)c1ccccc1I. The molecule has 0 amide bonds. The second-order valence-electron chi connectivity index (χ2n) is 3.89. The molecule has 1 nitrogen and oxygen atoms in total. The molecule has 0 heterocycles. The third kappa shape index (κ3) is 3.40. The highest BCUT2D eigenvalue weighted by atomic mass is 127. The highest BCUT2D eigenvalue weighted by Crippen LogP contribution is 2.15. The van der Waals surface area contributed by atoms with Crippen molar-refractivity contribution in [1.29, 1.82) is 0 Å². The van der Waals surface area contributed by atoms with Crippen LogP contribution in [0.5, 0.6) is 0 Å². The van der Waals surface area contributed by atoms with Gasteiger partial charge in [0, 0.05) is 15.6 Å². The Morgan fingerprint density at radius 2 is 1.59 bits per heavy atom. The average molecular weight is 336 g/mol. The zero-order chi connectivity index (χ0) is 12.1. The lowest BCUT2D eigenvalue weighted by Gasteiger charge is -2.03. The van der Waals surface area contributed by atoms with Crippen molar-refractivity contribution in [1.82, 2.24) is 0 Å². The highest BCUT2D eigenvalue weighted by molar-refractivity contribution is 14.1. The lowest BCUT2D eigenvalue weighted by Crippen LogP contribution is -2.03. The van der Waals surface area contributed by atoms with E-state index in [-0.39, 0.29) is 5.78 Å². The van der Waals surface area contributed by atoms with Gasteiger partial charge in [-0.3, -0.25) is 4.79 Å². The van der Waals surface area contributed by atoms with E-state index < -0.39 is 0 Å². The molecule has 0 N–H and O–H groups in total. The zero-order valence-corrected chi connectivity index (χ0v) is 11.6. The molecule has 0 saturated carbocycles. The normalized spacial score (nSPS) is 10.2. The summed E-state index contributed by atoms with van der Waals surface area (Å²) in [6.45, 7) is 0. The Kier molecular flexibility index (Phi) is 4.31. The monoisotopic (exact) mass is 336 g/mol. The van der Waals surface area contributed by atoms with Gasteiger partial charge in [-0.1, -0.05) is 48.5 Å². The quantitative estimate of drug-likeness (QED) is 0.607. The first kappa shape index (κ1) is 12.3. The molecule has 0 saturated heterocycles. The van der Waals surface area contributed by atoms with Crippen LogP contribution in [-0.4, -0.2) is 5.78 Å². The summed E-state index contributed by atoms with van der Waals surface area (Å²) >= 11 is 2.21. The minimum atomic E-state index is 0.221. The summed E-state index contributed by atoms with van der Waals surface area (Å²) in [5.41, 5.74) is 2.05. The van der Waals surface area contributed by atoms with Crippen molar-refractivity contribution in [2.45, 2.75) is 12.8 Å². The van der Waals surface area contributed by atoms with Crippen molar-refractivity contribution < 1.29 is 4.79 Å². The van der Waals surface area contributed by atoms with Gasteiger partial charge in [0.15, 0.2) is 5.78 Å². The summed E-state index contributed by atoms with van der Waals surface area (Å²) in [6.07, 6.45) is 1.38. The van der Waals surface area contributed by atoms with Crippen molar-refractivity contribution in [3.8, 4) is 0 Å². The maximum atomic E-state index is 12.0. The second-order valence-corrected chi connectivity index (χ2v) is 5.05. The predicted molar refractivity (Wildman–Crippen MR) is 78.3 cm³/mol. The summed E-state index contributed by atoms with van der Waals surface area (Å²) in [5, 5.41) is 0. The van der Waals surface area contributed by atoms with Gasteiger partial charge in [0.2, 0.25) is 0 Å². The molecule has 0 unspecified atom stereocenters. The lowest BCUT2D eigenvalue weighted by atomic mass is 10.0. The van der Waals surface area contributed by atoms with Crippen LogP contribution in [0.15, 0.2) is 54.6 Å². The maximum Gasteiger partial charge on any atom is 0.164 e. The lowest BCUT2D eigenvalue weighted by molar-refractivity contribution is 0.0982. The molecule has 0 atom stereocenters. The molecule has 0 bridgehead atoms. The minimum Gasteiger partial charge on any atom is -0.294 e. The van der Waals surface area contributed by atoms with Crippen LogP contribution in [0.4, 0.5) is 0 Å². The van der Waals surface area contributed by atoms with Crippen LogP contribution in [0, 0.1) is 3.57 Å². The Balaban J connectivity index is 2.01. The van der Waals surface area contributed by atoms with Gasteiger partial charge in [0.25, 0.3) is 0 Å². The molecular formula is C15H13IO. The number of Topliss-reactive ketones (excluding diaryl/α,β-unsaturated/α-hetero) is 1. The van der Waals surface area contributed by atoms with Crippen molar-refractivity contribution in [2.24, 2.45) is 0 Å². The van der Waals surface area contributed by atoms with Gasteiger partial charge in [-0.05, 0) is 40.6 Å². The third-order valence-corrected chi connectivity index (χ3v) is 3.60. The largest absolute Gasteiger partial charge is 0.294 e. The van der Waals surface area contributed by atoms with Crippen LogP contribution in [0.1, 0.15) is 22.3 Å². The molecule has 0 aliphatic heterocycles. The number of rotatable bonds is 4. The van der Waals surface area contributed by atoms with Crippen molar-refractivity contribution >= 4 is 28.4 Å². The Hall–Kier alpha value is -1.16. The molecule has 2 heteroatoms. The van der Waals surface area contributed by atoms with Crippen LogP contribution >= 0.6 is 22.6 Å². The summed E-state index contributed by atoms with van der Waals surface area (Å²) < 4.78 is 1.03.